The maximum atomic E-state index is 12.3. The Kier molecular flexibility index (Phi) is 7.45. The Bertz CT molecular complexity index is 755. The molecular weight excluding hydrogens is 376 g/mol. The van der Waals surface area contributed by atoms with E-state index < -0.39 is 0 Å². The molecule has 27 heavy (non-hydrogen) atoms. The van der Waals surface area contributed by atoms with Crippen LogP contribution in [-0.4, -0.2) is 40.0 Å². The standard InChI is InChI=1S/C20H22N4OS2/c1-15(21-23(2)19(26)16-10-6-4-7-11-16)14-18(25)22-24(3)20(27)17-12-8-5-9-13-17/h4-13,21H,1,14H2,2-3H3,(H,22,25). The summed E-state index contributed by atoms with van der Waals surface area (Å²) in [4.78, 5) is 13.4. The smallest absolute Gasteiger partial charge is 0.244 e. The second-order valence-corrected chi connectivity index (χ2v) is 6.66. The summed E-state index contributed by atoms with van der Waals surface area (Å²) in [5.41, 5.74) is 8.06. The number of hydrogen-bond acceptors (Lipinski definition) is 4. The van der Waals surface area contributed by atoms with E-state index >= 15 is 0 Å². The minimum Gasteiger partial charge on any atom is -0.302 e. The molecule has 0 atom stereocenters. The van der Waals surface area contributed by atoms with E-state index in [0.29, 0.717) is 15.7 Å². The fourth-order valence-electron chi connectivity index (χ4n) is 2.35. The highest BCUT2D eigenvalue weighted by Gasteiger charge is 2.13. The van der Waals surface area contributed by atoms with Gasteiger partial charge >= 0.3 is 0 Å². The molecule has 1 amide bonds. The van der Waals surface area contributed by atoms with Crippen LogP contribution in [-0.2, 0) is 4.79 Å². The minimum atomic E-state index is -0.229. The van der Waals surface area contributed by atoms with E-state index in [-0.39, 0.29) is 12.3 Å². The summed E-state index contributed by atoms with van der Waals surface area (Å²) in [7, 11) is 3.50. The van der Waals surface area contributed by atoms with Crippen molar-refractivity contribution in [1.29, 1.82) is 0 Å². The number of carbonyl (C=O) groups is 1. The highest BCUT2D eigenvalue weighted by atomic mass is 32.1. The van der Waals surface area contributed by atoms with E-state index in [1.165, 1.54) is 5.01 Å². The number of nitrogens with zero attached hydrogens (tertiary/aromatic N) is 2. The summed E-state index contributed by atoms with van der Waals surface area (Å²) in [6.45, 7) is 3.90. The first-order valence-electron chi connectivity index (χ1n) is 8.28. The molecule has 2 N–H and O–H groups in total. The monoisotopic (exact) mass is 398 g/mol. The van der Waals surface area contributed by atoms with Gasteiger partial charge in [-0.05, 0) is 0 Å². The average molecular weight is 399 g/mol. The van der Waals surface area contributed by atoms with Gasteiger partial charge in [-0.2, -0.15) is 0 Å². The lowest BCUT2D eigenvalue weighted by Crippen LogP contribution is -2.44. The summed E-state index contributed by atoms with van der Waals surface area (Å²) in [6.07, 6.45) is 0.0868. The quantitative estimate of drug-likeness (QED) is 0.576. The average Bonchev–Trinajstić information content (AvgIpc) is 2.67. The van der Waals surface area contributed by atoms with Gasteiger partial charge in [-0.3, -0.25) is 20.2 Å². The van der Waals surface area contributed by atoms with Crippen LogP contribution in [0.5, 0.6) is 0 Å². The van der Waals surface area contributed by atoms with Crippen molar-refractivity contribution in [1.82, 2.24) is 20.9 Å². The van der Waals surface area contributed by atoms with Crippen LogP contribution >= 0.6 is 24.4 Å². The molecule has 0 spiro atoms. The minimum absolute atomic E-state index is 0.0868. The number of rotatable bonds is 6. The number of hydrogen-bond donors (Lipinski definition) is 2. The molecule has 0 saturated heterocycles. The first kappa shape index (κ1) is 20.5. The van der Waals surface area contributed by atoms with Gasteiger partial charge in [-0.15, -0.1) is 0 Å². The van der Waals surface area contributed by atoms with Crippen molar-refractivity contribution in [2.24, 2.45) is 0 Å². The molecule has 0 heterocycles. The highest BCUT2D eigenvalue weighted by Crippen LogP contribution is 2.06. The summed E-state index contributed by atoms with van der Waals surface area (Å²) in [5, 5.41) is 3.19. The molecule has 140 valence electrons. The van der Waals surface area contributed by atoms with Crippen molar-refractivity contribution in [2.45, 2.75) is 6.42 Å². The normalized spacial score (nSPS) is 9.85. The molecule has 5 nitrogen and oxygen atoms in total. The fourth-order valence-corrected chi connectivity index (χ4v) is 2.71. The van der Waals surface area contributed by atoms with Crippen LogP contribution in [0.15, 0.2) is 72.9 Å². The molecule has 2 rings (SSSR count). The predicted octanol–water partition coefficient (Wildman–Crippen LogP) is 3.04. The van der Waals surface area contributed by atoms with Gasteiger partial charge in [0.15, 0.2) is 0 Å². The lowest BCUT2D eigenvalue weighted by molar-refractivity contribution is -0.123. The summed E-state index contributed by atoms with van der Waals surface area (Å²) < 4.78 is 0. The number of thiocarbonyl (C=S) groups is 2. The van der Waals surface area contributed by atoms with Gasteiger partial charge in [-0.25, -0.2) is 0 Å². The Balaban J connectivity index is 1.83. The number of amides is 1. The Morgan fingerprint density at radius 2 is 1.26 bits per heavy atom. The van der Waals surface area contributed by atoms with Crippen LogP contribution in [0.25, 0.3) is 0 Å². The van der Waals surface area contributed by atoms with Crippen molar-refractivity contribution in [3.63, 3.8) is 0 Å². The molecule has 0 fully saturated rings. The summed E-state index contributed by atoms with van der Waals surface area (Å²) >= 11 is 10.8. The number of hydrazine groups is 2. The number of benzene rings is 2. The number of nitrogens with one attached hydrogen (secondary N) is 2. The van der Waals surface area contributed by atoms with Gasteiger partial charge in [0.1, 0.15) is 9.98 Å². The Hall–Kier alpha value is -2.77. The molecule has 0 saturated carbocycles. The van der Waals surface area contributed by atoms with Crippen LogP contribution < -0.4 is 10.9 Å². The van der Waals surface area contributed by atoms with Crippen LogP contribution in [0.1, 0.15) is 17.5 Å². The van der Waals surface area contributed by atoms with Crippen LogP contribution in [0.4, 0.5) is 0 Å². The third-order valence-electron chi connectivity index (χ3n) is 3.64. The molecule has 2 aromatic carbocycles. The fraction of sp³-hybridized carbons (Fsp3) is 0.150. The first-order chi connectivity index (χ1) is 12.9. The van der Waals surface area contributed by atoms with E-state index in [2.05, 4.69) is 17.4 Å². The van der Waals surface area contributed by atoms with Gasteiger partial charge in [0.05, 0.1) is 6.42 Å². The van der Waals surface area contributed by atoms with Crippen LogP contribution in [0, 0.1) is 0 Å². The Labute approximate surface area is 170 Å². The molecule has 0 bridgehead atoms. The third-order valence-corrected chi connectivity index (χ3v) is 4.66. The van der Waals surface area contributed by atoms with Crippen molar-refractivity contribution in [3.8, 4) is 0 Å². The second kappa shape index (κ2) is 9.80. The molecular formula is C20H22N4OS2. The van der Waals surface area contributed by atoms with E-state index in [1.807, 2.05) is 60.7 Å². The van der Waals surface area contributed by atoms with Crippen molar-refractivity contribution >= 4 is 40.3 Å². The zero-order valence-electron chi connectivity index (χ0n) is 15.3. The molecule has 2 aromatic rings. The predicted molar refractivity (Wildman–Crippen MR) is 117 cm³/mol. The summed E-state index contributed by atoms with van der Waals surface area (Å²) in [5.74, 6) is -0.229. The van der Waals surface area contributed by atoms with Crippen LogP contribution in [0.3, 0.4) is 0 Å². The zero-order chi connectivity index (χ0) is 19.8. The molecule has 0 radical (unpaired) electrons. The van der Waals surface area contributed by atoms with Gasteiger partial charge in [0.2, 0.25) is 5.91 Å². The largest absolute Gasteiger partial charge is 0.302 e. The lowest BCUT2D eigenvalue weighted by Gasteiger charge is -2.25. The van der Waals surface area contributed by atoms with Crippen LogP contribution in [0.2, 0.25) is 0 Å². The van der Waals surface area contributed by atoms with Gasteiger partial charge in [0, 0.05) is 30.9 Å². The maximum Gasteiger partial charge on any atom is 0.244 e. The maximum absolute atomic E-state index is 12.3. The number of carbonyl (C=O) groups excluding carboxylic acids is 1. The van der Waals surface area contributed by atoms with E-state index in [0.717, 1.165) is 11.1 Å². The lowest BCUT2D eigenvalue weighted by atomic mass is 10.2. The summed E-state index contributed by atoms with van der Waals surface area (Å²) in [6, 6.07) is 19.1. The highest BCUT2D eigenvalue weighted by molar-refractivity contribution is 7.80. The first-order valence-corrected chi connectivity index (χ1v) is 9.10. The zero-order valence-corrected chi connectivity index (χ0v) is 16.9. The van der Waals surface area contributed by atoms with E-state index in [9.17, 15) is 4.79 Å². The van der Waals surface area contributed by atoms with Gasteiger partial charge < -0.3 is 5.43 Å². The SMILES string of the molecule is C=C(CC(=O)NN(C)C(=S)c1ccccc1)NN(C)C(=S)c1ccccc1. The topological polar surface area (TPSA) is 47.6 Å². The second-order valence-electron chi connectivity index (χ2n) is 5.89. The molecule has 0 aromatic heterocycles. The van der Waals surface area contributed by atoms with Crippen molar-refractivity contribution in [3.05, 3.63) is 84.1 Å². The Morgan fingerprint density at radius 1 is 0.852 bits per heavy atom. The van der Waals surface area contributed by atoms with E-state index in [1.54, 1.807) is 19.1 Å². The van der Waals surface area contributed by atoms with Gasteiger partial charge in [0.25, 0.3) is 0 Å². The molecule has 0 aliphatic carbocycles. The van der Waals surface area contributed by atoms with E-state index in [4.69, 9.17) is 24.4 Å². The molecule has 7 heteroatoms. The molecule has 0 aliphatic rings. The van der Waals surface area contributed by atoms with Gasteiger partial charge in [-0.1, -0.05) is 91.7 Å². The molecule has 0 unspecified atom stereocenters. The Morgan fingerprint density at radius 3 is 1.70 bits per heavy atom. The van der Waals surface area contributed by atoms with Crippen molar-refractivity contribution in [2.75, 3.05) is 14.1 Å². The van der Waals surface area contributed by atoms with Crippen molar-refractivity contribution < 1.29 is 4.79 Å². The third kappa shape index (κ3) is 6.16. The molecule has 0 aliphatic heterocycles.